The third-order valence-electron chi connectivity index (χ3n) is 5.60. The Morgan fingerprint density at radius 1 is 1.20 bits per heavy atom. The maximum Gasteiger partial charge on any atom is 0.330 e. The lowest BCUT2D eigenvalue weighted by Crippen LogP contribution is -2.47. The number of aromatic nitrogens is 2. The first-order valence-electron chi connectivity index (χ1n) is 10.9. The third-order valence-corrected chi connectivity index (χ3v) is 5.60. The van der Waals surface area contributed by atoms with Crippen molar-refractivity contribution < 1.29 is 34.8 Å². The lowest BCUT2D eigenvalue weighted by Gasteiger charge is -2.19. The number of aliphatic hydroxyl groups excluding tert-OH is 3. The van der Waals surface area contributed by atoms with Crippen LogP contribution < -0.4 is 21.9 Å². The number of nitrogens with zero attached hydrogens (tertiary/aromatic N) is 1. The molecule has 3 rings (SSSR count). The minimum absolute atomic E-state index is 0.0155. The molecule has 35 heavy (non-hydrogen) atoms. The fourth-order valence-electron chi connectivity index (χ4n) is 3.89. The van der Waals surface area contributed by atoms with Crippen LogP contribution >= 0.6 is 0 Å². The Bertz CT molecular complexity index is 1210. The number of carbonyl (C=O) groups is 2. The fourth-order valence-corrected chi connectivity index (χ4v) is 3.89. The van der Waals surface area contributed by atoms with Gasteiger partial charge in [-0.15, -0.1) is 0 Å². The van der Waals surface area contributed by atoms with Crippen molar-refractivity contribution >= 4 is 11.8 Å². The normalized spacial score (nSPS) is 22.5. The number of aliphatic hydroxyl groups is 3. The van der Waals surface area contributed by atoms with E-state index in [1.165, 1.54) is 25.1 Å². The predicted octanol–water partition coefficient (Wildman–Crippen LogP) is -2.30. The molecule has 0 spiro atoms. The average molecular weight is 492 g/mol. The minimum Gasteiger partial charge on any atom is -0.507 e. The van der Waals surface area contributed by atoms with Gasteiger partial charge in [0.05, 0.1) is 12.2 Å². The topological polar surface area (TPSA) is 203 Å². The zero-order chi connectivity index (χ0) is 25.9. The summed E-state index contributed by atoms with van der Waals surface area (Å²) in [6, 6.07) is 3.34. The van der Waals surface area contributed by atoms with Gasteiger partial charge in [0, 0.05) is 31.6 Å². The van der Waals surface area contributed by atoms with Crippen LogP contribution in [0.4, 0.5) is 0 Å². The minimum atomic E-state index is -1.57. The molecular formula is C22H28N4O9. The molecule has 2 heterocycles. The summed E-state index contributed by atoms with van der Waals surface area (Å²) in [4.78, 5) is 51.0. The van der Waals surface area contributed by atoms with Crippen LogP contribution in [0, 0.1) is 0 Å². The average Bonchev–Trinajstić information content (AvgIpc) is 3.08. The molecule has 7 N–H and O–H groups in total. The second-order valence-corrected chi connectivity index (χ2v) is 8.14. The number of likely N-dealkylation sites (N-methyl/N-ethyl adjacent to an activating group) is 1. The molecular weight excluding hydrogens is 464 g/mol. The first kappa shape index (κ1) is 26.1. The lowest BCUT2D eigenvalue weighted by molar-refractivity contribution is -0.128. The van der Waals surface area contributed by atoms with E-state index in [4.69, 9.17) is 4.74 Å². The van der Waals surface area contributed by atoms with Crippen molar-refractivity contribution in [1.29, 1.82) is 0 Å². The lowest BCUT2D eigenvalue weighted by atomic mass is 9.99. The standard InChI is InChI=1S/C22H28N4O9/c1-3-23-20(33)14(24-10(2)28)7-11-4-5-15(29)12(6-11)13-8-26(22(34)25-19(13)32)21-18(31)17(30)16(9-27)35-21/h4-6,8,14,16-18,21,27,29-31H,3,7,9H2,1-2H3,(H,23,33)(H,24,28)(H,25,32,34)/t14?,16-,17-,18-,21-/m1/s1. The summed E-state index contributed by atoms with van der Waals surface area (Å²) in [5.74, 6) is -1.13. The Balaban J connectivity index is 2.01. The molecule has 2 amide bonds. The van der Waals surface area contributed by atoms with Crippen LogP contribution in [0.25, 0.3) is 11.1 Å². The van der Waals surface area contributed by atoms with Gasteiger partial charge in [0.25, 0.3) is 5.56 Å². The quantitative estimate of drug-likeness (QED) is 0.211. The van der Waals surface area contributed by atoms with Gasteiger partial charge in [-0.2, -0.15) is 0 Å². The smallest absolute Gasteiger partial charge is 0.330 e. The van der Waals surface area contributed by atoms with Crippen LogP contribution in [0.1, 0.15) is 25.6 Å². The summed E-state index contributed by atoms with van der Waals surface area (Å²) in [7, 11) is 0. The Labute approximate surface area is 199 Å². The molecule has 0 saturated carbocycles. The molecule has 190 valence electrons. The van der Waals surface area contributed by atoms with E-state index in [1.54, 1.807) is 6.92 Å². The SMILES string of the molecule is CCNC(=O)C(Cc1ccc(O)c(-c2cn([C@@H]3O[C@H](CO)[C@@H](O)[C@H]3O)c(=O)[nH]c2=O)c1)NC(C)=O. The zero-order valence-electron chi connectivity index (χ0n) is 19.1. The molecule has 1 fully saturated rings. The summed E-state index contributed by atoms with van der Waals surface area (Å²) < 4.78 is 6.22. The molecule has 5 atom stereocenters. The van der Waals surface area contributed by atoms with Gasteiger partial charge in [-0.05, 0) is 24.6 Å². The molecule has 13 heteroatoms. The number of ether oxygens (including phenoxy) is 1. The first-order chi connectivity index (χ1) is 16.6. The van der Waals surface area contributed by atoms with Gasteiger partial charge in [0.2, 0.25) is 11.8 Å². The second-order valence-electron chi connectivity index (χ2n) is 8.14. The van der Waals surface area contributed by atoms with Crippen molar-refractivity contribution in [3.63, 3.8) is 0 Å². The maximum absolute atomic E-state index is 12.6. The largest absolute Gasteiger partial charge is 0.507 e. The number of benzene rings is 1. The number of carbonyl (C=O) groups excluding carboxylic acids is 2. The first-order valence-corrected chi connectivity index (χ1v) is 10.9. The van der Waals surface area contributed by atoms with Gasteiger partial charge in [-0.25, -0.2) is 4.79 Å². The Morgan fingerprint density at radius 2 is 1.91 bits per heavy atom. The van der Waals surface area contributed by atoms with E-state index in [0.717, 1.165) is 10.8 Å². The molecule has 1 unspecified atom stereocenters. The van der Waals surface area contributed by atoms with Crippen LogP contribution in [0.2, 0.25) is 0 Å². The molecule has 1 saturated heterocycles. The number of H-pyrrole nitrogens is 1. The number of aromatic hydroxyl groups is 1. The van der Waals surface area contributed by atoms with Gasteiger partial charge in [-0.1, -0.05) is 6.07 Å². The third kappa shape index (κ3) is 5.59. The highest BCUT2D eigenvalue weighted by Crippen LogP contribution is 2.31. The molecule has 0 radical (unpaired) electrons. The molecule has 13 nitrogen and oxygen atoms in total. The fraction of sp³-hybridized carbons (Fsp3) is 0.455. The van der Waals surface area contributed by atoms with Crippen molar-refractivity contribution in [3.8, 4) is 16.9 Å². The van der Waals surface area contributed by atoms with Gasteiger partial charge >= 0.3 is 5.69 Å². The van der Waals surface area contributed by atoms with Crippen LogP contribution in [0.5, 0.6) is 5.75 Å². The van der Waals surface area contributed by atoms with Crippen LogP contribution in [-0.4, -0.2) is 79.3 Å². The van der Waals surface area contributed by atoms with Crippen LogP contribution in [-0.2, 0) is 20.7 Å². The second kappa shape index (κ2) is 10.8. The predicted molar refractivity (Wildman–Crippen MR) is 121 cm³/mol. The van der Waals surface area contributed by atoms with Gasteiger partial charge in [0.1, 0.15) is 30.1 Å². The molecule has 1 aliphatic rings. The molecule has 1 aliphatic heterocycles. The number of hydrogen-bond donors (Lipinski definition) is 7. The summed E-state index contributed by atoms with van der Waals surface area (Å²) >= 11 is 0. The number of aromatic amines is 1. The molecule has 1 aromatic carbocycles. The van der Waals surface area contributed by atoms with Crippen molar-refractivity contribution in [2.75, 3.05) is 13.2 Å². The summed E-state index contributed by atoms with van der Waals surface area (Å²) in [5, 5.41) is 45.2. The van der Waals surface area contributed by atoms with Crippen LogP contribution in [0.15, 0.2) is 34.0 Å². The van der Waals surface area contributed by atoms with Gasteiger partial charge in [-0.3, -0.25) is 23.9 Å². The Morgan fingerprint density at radius 3 is 2.51 bits per heavy atom. The summed E-state index contributed by atoms with van der Waals surface area (Å²) in [6.45, 7) is 2.75. The number of hydrogen-bond acceptors (Lipinski definition) is 9. The number of nitrogens with one attached hydrogen (secondary N) is 3. The van der Waals surface area contributed by atoms with Crippen LogP contribution in [0.3, 0.4) is 0 Å². The monoisotopic (exact) mass is 492 g/mol. The van der Waals surface area contributed by atoms with E-state index in [9.17, 15) is 39.6 Å². The van der Waals surface area contributed by atoms with E-state index in [-0.39, 0.29) is 23.3 Å². The van der Waals surface area contributed by atoms with E-state index in [2.05, 4.69) is 15.6 Å². The van der Waals surface area contributed by atoms with E-state index in [1.807, 2.05) is 0 Å². The highest BCUT2D eigenvalue weighted by atomic mass is 16.6. The molecule has 1 aromatic heterocycles. The van der Waals surface area contributed by atoms with E-state index >= 15 is 0 Å². The molecule has 0 aliphatic carbocycles. The van der Waals surface area contributed by atoms with Crippen molar-refractivity contribution in [2.45, 2.75) is 50.8 Å². The van der Waals surface area contributed by atoms with Gasteiger partial charge in [0.15, 0.2) is 6.23 Å². The number of phenols is 1. The van der Waals surface area contributed by atoms with Crippen molar-refractivity contribution in [1.82, 2.24) is 20.2 Å². The maximum atomic E-state index is 12.6. The van der Waals surface area contributed by atoms with E-state index in [0.29, 0.717) is 12.1 Å². The highest BCUT2D eigenvalue weighted by molar-refractivity contribution is 5.87. The van der Waals surface area contributed by atoms with Gasteiger partial charge < -0.3 is 35.8 Å². The number of rotatable bonds is 8. The Kier molecular flexibility index (Phi) is 8.07. The molecule has 2 aromatic rings. The molecule has 0 bridgehead atoms. The zero-order valence-corrected chi connectivity index (χ0v) is 19.1. The summed E-state index contributed by atoms with van der Waals surface area (Å²) in [6.07, 6.45) is -4.48. The number of phenolic OH excluding ortho intramolecular Hbond substituents is 1. The number of amides is 2. The highest BCUT2D eigenvalue weighted by Gasteiger charge is 2.44. The summed E-state index contributed by atoms with van der Waals surface area (Å²) in [5.41, 5.74) is -1.43. The Hall–Kier alpha value is -3.52. The van der Waals surface area contributed by atoms with Crippen molar-refractivity contribution in [2.24, 2.45) is 0 Å². The van der Waals surface area contributed by atoms with Crippen molar-refractivity contribution in [3.05, 3.63) is 50.8 Å². The van der Waals surface area contributed by atoms with E-state index < -0.39 is 60.3 Å².